The fourth-order valence-corrected chi connectivity index (χ4v) is 3.56. The molecule has 3 aliphatic heterocycles. The molecule has 0 aromatic carbocycles. The van der Waals surface area contributed by atoms with E-state index in [-0.39, 0.29) is 31.2 Å². The zero-order valence-electron chi connectivity index (χ0n) is 14.6. The van der Waals surface area contributed by atoms with Crippen LogP contribution in [0.3, 0.4) is 0 Å². The van der Waals surface area contributed by atoms with Gasteiger partial charge >= 0.3 is 6.03 Å². The molecule has 1 fully saturated rings. The van der Waals surface area contributed by atoms with Crippen molar-refractivity contribution < 1.29 is 24.6 Å². The molecule has 0 saturated carbocycles. The number of rotatable bonds is 4. The fraction of sp³-hybridized carbons (Fsp3) is 0.562. The van der Waals surface area contributed by atoms with Crippen molar-refractivity contribution in [3.63, 3.8) is 0 Å². The number of nitrogens with one attached hydrogen (secondary N) is 3. The summed E-state index contributed by atoms with van der Waals surface area (Å²) in [6.45, 7) is 1.40. The van der Waals surface area contributed by atoms with Crippen LogP contribution in [0.2, 0.25) is 0 Å². The Morgan fingerprint density at radius 1 is 1.46 bits per heavy atom. The molecule has 26 heavy (non-hydrogen) atoms. The molecule has 3 heterocycles. The maximum Gasteiger partial charge on any atom is 0.322 e. The van der Waals surface area contributed by atoms with Gasteiger partial charge in [0.25, 0.3) is 5.91 Å². The Hall–Kier alpha value is -2.59. The van der Waals surface area contributed by atoms with Gasteiger partial charge in [-0.05, 0) is 25.6 Å². The monoisotopic (exact) mass is 365 g/mol. The summed E-state index contributed by atoms with van der Waals surface area (Å²) >= 11 is 0. The van der Waals surface area contributed by atoms with Crippen molar-refractivity contribution >= 4 is 18.2 Å². The van der Waals surface area contributed by atoms with Gasteiger partial charge in [-0.2, -0.15) is 0 Å². The number of carbonyl (C=O) groups is 3. The maximum atomic E-state index is 12.2. The molecule has 0 radical (unpaired) electrons. The van der Waals surface area contributed by atoms with E-state index in [2.05, 4.69) is 16.0 Å². The van der Waals surface area contributed by atoms with Crippen molar-refractivity contribution in [2.45, 2.75) is 31.3 Å². The summed E-state index contributed by atoms with van der Waals surface area (Å²) < 4.78 is 0. The first-order valence-corrected chi connectivity index (χ1v) is 8.39. The number of urea groups is 1. The topological polar surface area (TPSA) is 134 Å². The summed E-state index contributed by atoms with van der Waals surface area (Å²) in [5, 5.41) is 27.7. The van der Waals surface area contributed by atoms with Gasteiger partial charge in [0.05, 0.1) is 6.04 Å². The van der Waals surface area contributed by atoms with E-state index in [0.29, 0.717) is 12.2 Å². The third kappa shape index (κ3) is 3.25. The first-order valence-electron chi connectivity index (χ1n) is 8.39. The van der Waals surface area contributed by atoms with E-state index in [0.717, 1.165) is 18.8 Å². The van der Waals surface area contributed by atoms with Gasteiger partial charge in [0.1, 0.15) is 18.3 Å². The first-order chi connectivity index (χ1) is 12.2. The second-order valence-electron chi connectivity index (χ2n) is 6.87. The van der Waals surface area contributed by atoms with Crippen molar-refractivity contribution in [2.75, 3.05) is 20.1 Å². The summed E-state index contributed by atoms with van der Waals surface area (Å²) in [6, 6.07) is -0.787. The summed E-state index contributed by atoms with van der Waals surface area (Å²) in [6.07, 6.45) is 4.43. The summed E-state index contributed by atoms with van der Waals surface area (Å²) in [7, 11) is 1.74. The molecule has 0 aromatic heterocycles. The Balaban J connectivity index is 1.86. The maximum absolute atomic E-state index is 12.2. The molecule has 3 aliphatic rings. The lowest BCUT2D eigenvalue weighted by atomic mass is 9.91. The number of hydrogen-bond donors (Lipinski definition) is 5. The fourth-order valence-electron chi connectivity index (χ4n) is 3.56. The molecule has 5 N–H and O–H groups in total. The Morgan fingerprint density at radius 2 is 2.19 bits per heavy atom. The van der Waals surface area contributed by atoms with Crippen LogP contribution in [0.4, 0.5) is 4.79 Å². The smallest absolute Gasteiger partial charge is 0.322 e. The number of aliphatic hydroxyl groups is 2. The molecule has 0 bridgehead atoms. The molecule has 142 valence electrons. The predicted octanol–water partition coefficient (Wildman–Crippen LogP) is -2.00. The highest BCUT2D eigenvalue weighted by Gasteiger charge is 2.41. The van der Waals surface area contributed by atoms with Gasteiger partial charge < -0.3 is 35.4 Å². The molecule has 3 unspecified atom stereocenters. The lowest BCUT2D eigenvalue weighted by Crippen LogP contribution is -2.60. The highest BCUT2D eigenvalue weighted by atomic mass is 16.5. The van der Waals surface area contributed by atoms with Crippen LogP contribution in [0.5, 0.6) is 0 Å². The number of likely N-dealkylation sites (tertiary alicyclic amines) is 1. The van der Waals surface area contributed by atoms with Gasteiger partial charge in [-0.25, -0.2) is 4.79 Å². The Morgan fingerprint density at radius 3 is 2.85 bits per heavy atom. The van der Waals surface area contributed by atoms with Crippen LogP contribution in [-0.4, -0.2) is 76.4 Å². The first kappa shape index (κ1) is 18.2. The lowest BCUT2D eigenvalue weighted by Gasteiger charge is -2.44. The standard InChI is InChI=1S/C16H23N5O5/c1-16(25,26)14(23)21-6-4-9(8-22)11(7-21)20(2)13-10-3-5-17-12(10)18-15(24)19-13/h3,5,8-9,11-12,17,25-26H,4,6-7H2,1-2H3,(H2,18,19,24). The number of nitrogens with zero attached hydrogens (tertiary/aromatic N) is 2. The second-order valence-corrected chi connectivity index (χ2v) is 6.87. The van der Waals surface area contributed by atoms with Crippen molar-refractivity contribution in [1.29, 1.82) is 0 Å². The number of fused-ring (bicyclic) bond motifs is 1. The van der Waals surface area contributed by atoms with Crippen molar-refractivity contribution in [1.82, 2.24) is 25.8 Å². The van der Waals surface area contributed by atoms with Gasteiger partial charge in [-0.3, -0.25) is 10.1 Å². The number of piperidine rings is 1. The van der Waals surface area contributed by atoms with Crippen LogP contribution < -0.4 is 16.0 Å². The minimum absolute atomic E-state index is 0.136. The van der Waals surface area contributed by atoms with Crippen LogP contribution in [0.15, 0.2) is 23.7 Å². The Labute approximate surface area is 150 Å². The van der Waals surface area contributed by atoms with Crippen LogP contribution >= 0.6 is 0 Å². The molecule has 0 aromatic rings. The summed E-state index contributed by atoms with van der Waals surface area (Å²) in [4.78, 5) is 38.8. The van der Waals surface area contributed by atoms with E-state index in [4.69, 9.17) is 0 Å². The third-order valence-electron chi connectivity index (χ3n) is 4.97. The van der Waals surface area contributed by atoms with Crippen LogP contribution in [0, 0.1) is 5.92 Å². The molecule has 3 amide bonds. The van der Waals surface area contributed by atoms with Gasteiger partial charge in [-0.1, -0.05) is 0 Å². The highest BCUT2D eigenvalue weighted by molar-refractivity contribution is 5.83. The summed E-state index contributed by atoms with van der Waals surface area (Å²) in [5.41, 5.74) is 0.814. The number of carbonyl (C=O) groups excluding carboxylic acids is 3. The van der Waals surface area contributed by atoms with Crippen molar-refractivity contribution in [3.05, 3.63) is 23.7 Å². The average Bonchev–Trinajstić information content (AvgIpc) is 3.06. The summed E-state index contributed by atoms with van der Waals surface area (Å²) in [5.74, 6) is -3.09. The van der Waals surface area contributed by atoms with Crippen molar-refractivity contribution in [3.8, 4) is 0 Å². The molecular weight excluding hydrogens is 342 g/mol. The molecular formula is C16H23N5O5. The van der Waals surface area contributed by atoms with Gasteiger partial charge in [0.2, 0.25) is 5.79 Å². The third-order valence-corrected chi connectivity index (χ3v) is 4.97. The highest BCUT2D eigenvalue weighted by Crippen LogP contribution is 2.27. The Kier molecular flexibility index (Phi) is 4.63. The number of amides is 3. The number of hydrogen-bond acceptors (Lipinski definition) is 7. The van der Waals surface area contributed by atoms with Crippen molar-refractivity contribution in [2.24, 2.45) is 5.92 Å². The minimum Gasteiger partial charge on any atom is -0.367 e. The molecule has 3 rings (SSSR count). The largest absolute Gasteiger partial charge is 0.367 e. The minimum atomic E-state index is -2.47. The van der Waals surface area contributed by atoms with E-state index in [1.165, 1.54) is 4.90 Å². The average molecular weight is 365 g/mol. The van der Waals surface area contributed by atoms with Gasteiger partial charge in [0.15, 0.2) is 0 Å². The van der Waals surface area contributed by atoms with E-state index in [1.54, 1.807) is 18.1 Å². The van der Waals surface area contributed by atoms with Crippen LogP contribution in [0.25, 0.3) is 0 Å². The number of aldehydes is 1. The number of likely N-dealkylation sites (N-methyl/N-ethyl adjacent to an activating group) is 1. The van der Waals surface area contributed by atoms with Gasteiger partial charge in [-0.15, -0.1) is 0 Å². The van der Waals surface area contributed by atoms with Crippen LogP contribution in [-0.2, 0) is 9.59 Å². The molecule has 1 saturated heterocycles. The lowest BCUT2D eigenvalue weighted by molar-refractivity contribution is -0.191. The molecule has 0 aliphatic carbocycles. The zero-order valence-corrected chi connectivity index (χ0v) is 14.6. The molecule has 10 nitrogen and oxygen atoms in total. The normalized spacial score (nSPS) is 28.1. The SMILES string of the molecule is CN(C1=C2C=CNC2NC(=O)N1)C1CN(C(=O)C(C)(O)O)CCC1C=O. The van der Waals surface area contributed by atoms with Gasteiger partial charge in [0, 0.05) is 31.6 Å². The quantitative estimate of drug-likeness (QED) is 0.287. The van der Waals surface area contributed by atoms with E-state index in [9.17, 15) is 24.6 Å². The second kappa shape index (κ2) is 6.61. The van der Waals surface area contributed by atoms with E-state index in [1.807, 2.05) is 6.08 Å². The zero-order chi connectivity index (χ0) is 19.1. The van der Waals surface area contributed by atoms with E-state index >= 15 is 0 Å². The predicted molar refractivity (Wildman–Crippen MR) is 89.9 cm³/mol. The molecule has 3 atom stereocenters. The Bertz CT molecular complexity index is 683. The van der Waals surface area contributed by atoms with Crippen LogP contribution in [0.1, 0.15) is 13.3 Å². The molecule has 10 heteroatoms. The molecule has 0 spiro atoms. The van der Waals surface area contributed by atoms with E-state index < -0.39 is 17.7 Å².